The minimum Gasteiger partial charge on any atom is -0.356 e. The number of halogens is 1. The van der Waals surface area contributed by atoms with E-state index in [1.165, 1.54) is 22.8 Å². The first-order valence-corrected chi connectivity index (χ1v) is 7.72. The lowest BCUT2D eigenvalue weighted by molar-refractivity contribution is 0.759. The molecule has 118 valence electrons. The highest BCUT2D eigenvalue weighted by Crippen LogP contribution is 2.28. The molecule has 1 aliphatic carbocycles. The first-order valence-electron chi connectivity index (χ1n) is 7.72. The predicted molar refractivity (Wildman–Crippen MR) is 105 cm³/mol. The molecule has 2 aromatic carbocycles. The fourth-order valence-corrected chi connectivity index (χ4v) is 2.72. The molecule has 22 heavy (non-hydrogen) atoms. The Balaban J connectivity index is 0.00000176. The van der Waals surface area contributed by atoms with Gasteiger partial charge in [-0.1, -0.05) is 49.4 Å². The van der Waals surface area contributed by atoms with Crippen molar-refractivity contribution in [3.63, 3.8) is 0 Å². The Morgan fingerprint density at radius 1 is 1.18 bits per heavy atom. The van der Waals surface area contributed by atoms with Gasteiger partial charge in [-0.3, -0.25) is 4.99 Å². The lowest BCUT2D eigenvalue weighted by atomic mass is 10.0. The van der Waals surface area contributed by atoms with E-state index in [4.69, 9.17) is 0 Å². The van der Waals surface area contributed by atoms with Crippen LogP contribution in [0.25, 0.3) is 10.8 Å². The number of benzene rings is 2. The summed E-state index contributed by atoms with van der Waals surface area (Å²) in [6, 6.07) is 15.7. The molecule has 0 spiro atoms. The molecule has 2 N–H and O–H groups in total. The lowest BCUT2D eigenvalue weighted by Gasteiger charge is -2.12. The van der Waals surface area contributed by atoms with E-state index in [9.17, 15) is 0 Å². The zero-order valence-electron chi connectivity index (χ0n) is 13.2. The SMILES string of the molecule is CN=C(NCCc1cccc2ccccc12)NC1CC1C.I. The van der Waals surface area contributed by atoms with Gasteiger partial charge in [0, 0.05) is 19.6 Å². The van der Waals surface area contributed by atoms with Gasteiger partial charge in [0.25, 0.3) is 0 Å². The molecule has 1 fully saturated rings. The number of nitrogens with zero attached hydrogens (tertiary/aromatic N) is 1. The minimum absolute atomic E-state index is 0. The molecule has 3 nitrogen and oxygen atoms in total. The van der Waals surface area contributed by atoms with Gasteiger partial charge in [-0.05, 0) is 35.1 Å². The van der Waals surface area contributed by atoms with Crippen LogP contribution in [0.1, 0.15) is 18.9 Å². The second-order valence-corrected chi connectivity index (χ2v) is 5.85. The summed E-state index contributed by atoms with van der Waals surface area (Å²) in [6.45, 7) is 3.16. The number of fused-ring (bicyclic) bond motifs is 1. The molecule has 0 heterocycles. The Kier molecular flexibility index (Phi) is 6.06. The molecule has 2 aromatic rings. The maximum atomic E-state index is 4.29. The van der Waals surface area contributed by atoms with E-state index in [-0.39, 0.29) is 24.0 Å². The Morgan fingerprint density at radius 2 is 1.91 bits per heavy atom. The third kappa shape index (κ3) is 4.12. The maximum absolute atomic E-state index is 4.29. The third-order valence-electron chi connectivity index (χ3n) is 4.22. The standard InChI is InChI=1S/C18H23N3.HI/c1-13-12-17(13)21-18(19-2)20-11-10-15-8-5-7-14-6-3-4-9-16(14)15;/h3-9,13,17H,10-12H2,1-2H3,(H2,19,20,21);1H. The van der Waals surface area contributed by atoms with Crippen molar-refractivity contribution in [2.75, 3.05) is 13.6 Å². The van der Waals surface area contributed by atoms with Gasteiger partial charge in [-0.15, -0.1) is 24.0 Å². The topological polar surface area (TPSA) is 36.4 Å². The molecule has 0 bridgehead atoms. The number of aliphatic imine (C=N–C) groups is 1. The molecule has 0 aliphatic heterocycles. The van der Waals surface area contributed by atoms with E-state index in [0.29, 0.717) is 6.04 Å². The van der Waals surface area contributed by atoms with Gasteiger partial charge in [0.05, 0.1) is 0 Å². The number of nitrogens with one attached hydrogen (secondary N) is 2. The third-order valence-corrected chi connectivity index (χ3v) is 4.22. The summed E-state index contributed by atoms with van der Waals surface area (Å²) in [5, 5.41) is 9.52. The van der Waals surface area contributed by atoms with Crippen LogP contribution in [-0.4, -0.2) is 25.6 Å². The van der Waals surface area contributed by atoms with Crippen LogP contribution in [0.4, 0.5) is 0 Å². The normalized spacial score (nSPS) is 20.4. The first-order chi connectivity index (χ1) is 10.3. The van der Waals surface area contributed by atoms with E-state index < -0.39 is 0 Å². The number of hydrogen-bond donors (Lipinski definition) is 2. The highest BCUT2D eigenvalue weighted by Gasteiger charge is 2.33. The molecular formula is C18H24IN3. The van der Waals surface area contributed by atoms with Gasteiger partial charge in [0.15, 0.2) is 5.96 Å². The Morgan fingerprint density at radius 3 is 2.64 bits per heavy atom. The van der Waals surface area contributed by atoms with Gasteiger partial charge < -0.3 is 10.6 Å². The van der Waals surface area contributed by atoms with Crippen molar-refractivity contribution in [1.29, 1.82) is 0 Å². The van der Waals surface area contributed by atoms with Crippen LogP contribution in [0.3, 0.4) is 0 Å². The molecule has 3 rings (SSSR count). The molecule has 0 amide bonds. The van der Waals surface area contributed by atoms with Crippen LogP contribution in [-0.2, 0) is 6.42 Å². The summed E-state index contributed by atoms with van der Waals surface area (Å²) in [7, 11) is 1.83. The maximum Gasteiger partial charge on any atom is 0.191 e. The highest BCUT2D eigenvalue weighted by atomic mass is 127. The summed E-state index contributed by atoms with van der Waals surface area (Å²) in [5.74, 6) is 1.70. The van der Waals surface area contributed by atoms with Crippen molar-refractivity contribution >= 4 is 40.7 Å². The number of hydrogen-bond acceptors (Lipinski definition) is 1. The molecule has 1 aliphatic rings. The smallest absolute Gasteiger partial charge is 0.191 e. The Hall–Kier alpha value is -1.30. The van der Waals surface area contributed by atoms with Crippen LogP contribution in [0.15, 0.2) is 47.5 Å². The minimum atomic E-state index is 0. The van der Waals surface area contributed by atoms with E-state index in [0.717, 1.165) is 24.8 Å². The van der Waals surface area contributed by atoms with Gasteiger partial charge >= 0.3 is 0 Å². The molecule has 1 saturated carbocycles. The van der Waals surface area contributed by atoms with Crippen molar-refractivity contribution in [1.82, 2.24) is 10.6 Å². The van der Waals surface area contributed by atoms with Crippen LogP contribution in [0.5, 0.6) is 0 Å². The Labute approximate surface area is 149 Å². The fraction of sp³-hybridized carbons (Fsp3) is 0.389. The van der Waals surface area contributed by atoms with Crippen molar-refractivity contribution < 1.29 is 0 Å². The van der Waals surface area contributed by atoms with Crippen LogP contribution in [0.2, 0.25) is 0 Å². The number of rotatable bonds is 4. The summed E-state index contributed by atoms with van der Waals surface area (Å²) in [6.07, 6.45) is 2.26. The second-order valence-electron chi connectivity index (χ2n) is 5.85. The fourth-order valence-electron chi connectivity index (χ4n) is 2.72. The van der Waals surface area contributed by atoms with Gasteiger partial charge in [0.1, 0.15) is 0 Å². The summed E-state index contributed by atoms with van der Waals surface area (Å²) in [4.78, 5) is 4.29. The zero-order valence-corrected chi connectivity index (χ0v) is 15.5. The average Bonchev–Trinajstić information content (AvgIpc) is 3.21. The van der Waals surface area contributed by atoms with E-state index >= 15 is 0 Å². The first kappa shape index (κ1) is 17.1. The second kappa shape index (κ2) is 7.81. The van der Waals surface area contributed by atoms with Gasteiger partial charge in [-0.2, -0.15) is 0 Å². The summed E-state index contributed by atoms with van der Waals surface area (Å²) < 4.78 is 0. The highest BCUT2D eigenvalue weighted by molar-refractivity contribution is 14.0. The summed E-state index contributed by atoms with van der Waals surface area (Å²) in [5.41, 5.74) is 1.39. The van der Waals surface area contributed by atoms with Crippen molar-refractivity contribution in [3.8, 4) is 0 Å². The molecule has 4 heteroatoms. The molecule has 0 aromatic heterocycles. The molecule has 0 saturated heterocycles. The largest absolute Gasteiger partial charge is 0.356 e. The van der Waals surface area contributed by atoms with Gasteiger partial charge in [0.2, 0.25) is 0 Å². The van der Waals surface area contributed by atoms with E-state index in [2.05, 4.69) is 65.0 Å². The van der Waals surface area contributed by atoms with E-state index in [1.807, 2.05) is 7.05 Å². The molecule has 2 unspecified atom stereocenters. The summed E-state index contributed by atoms with van der Waals surface area (Å²) >= 11 is 0. The monoisotopic (exact) mass is 409 g/mol. The van der Waals surface area contributed by atoms with Gasteiger partial charge in [-0.25, -0.2) is 0 Å². The molecule has 2 atom stereocenters. The van der Waals surface area contributed by atoms with E-state index in [1.54, 1.807) is 0 Å². The molecule has 0 radical (unpaired) electrons. The quantitative estimate of drug-likeness (QED) is 0.460. The predicted octanol–water partition coefficient (Wildman–Crippen LogP) is 3.57. The average molecular weight is 409 g/mol. The van der Waals surface area contributed by atoms with Crippen molar-refractivity contribution in [2.24, 2.45) is 10.9 Å². The molecular weight excluding hydrogens is 385 g/mol. The van der Waals surface area contributed by atoms with Crippen LogP contribution in [0, 0.1) is 5.92 Å². The van der Waals surface area contributed by atoms with Crippen molar-refractivity contribution in [2.45, 2.75) is 25.8 Å². The zero-order chi connectivity index (χ0) is 14.7. The van der Waals surface area contributed by atoms with Crippen LogP contribution >= 0.6 is 24.0 Å². The Bertz CT molecular complexity index is 648. The van der Waals surface area contributed by atoms with Crippen LogP contribution < -0.4 is 10.6 Å². The van der Waals surface area contributed by atoms with Crippen molar-refractivity contribution in [3.05, 3.63) is 48.0 Å². The lowest BCUT2D eigenvalue weighted by Crippen LogP contribution is -2.39. The number of guanidine groups is 1.